The number of aromatic nitrogens is 2. The third-order valence-corrected chi connectivity index (χ3v) is 2.20. The molecule has 0 aliphatic rings. The average Bonchev–Trinajstić information content (AvgIpc) is 2.14. The summed E-state index contributed by atoms with van der Waals surface area (Å²) >= 11 is 1.54. The molecule has 1 aromatic rings. The van der Waals surface area contributed by atoms with Crippen LogP contribution in [0.2, 0.25) is 0 Å². The van der Waals surface area contributed by atoms with Gasteiger partial charge in [0, 0.05) is 18.7 Å². The van der Waals surface area contributed by atoms with Gasteiger partial charge in [-0.25, -0.2) is 9.97 Å². The highest BCUT2D eigenvalue weighted by molar-refractivity contribution is 7.98. The molecule has 0 aromatic carbocycles. The number of anilines is 2. The van der Waals surface area contributed by atoms with Crippen LogP contribution in [0.15, 0.2) is 11.2 Å². The highest BCUT2D eigenvalue weighted by atomic mass is 32.2. The van der Waals surface area contributed by atoms with Crippen LogP contribution in [0.5, 0.6) is 0 Å². The Hall–Kier alpha value is -0.970. The summed E-state index contributed by atoms with van der Waals surface area (Å²) in [5, 5.41) is 7.12. The molecule has 0 bridgehead atoms. The van der Waals surface area contributed by atoms with Gasteiger partial charge in [0.25, 0.3) is 0 Å². The third kappa shape index (κ3) is 3.95. The van der Waals surface area contributed by atoms with E-state index in [0.717, 1.165) is 16.8 Å². The Bertz CT molecular complexity index is 310. The maximum Gasteiger partial charge on any atom is 0.191 e. The molecule has 0 spiro atoms. The number of rotatable bonds is 3. The van der Waals surface area contributed by atoms with Crippen LogP contribution in [0.25, 0.3) is 0 Å². The fourth-order valence-corrected chi connectivity index (χ4v) is 1.47. The van der Waals surface area contributed by atoms with Crippen molar-refractivity contribution >= 4 is 23.4 Å². The summed E-state index contributed by atoms with van der Waals surface area (Å²) < 4.78 is 0. The van der Waals surface area contributed by atoms with E-state index in [9.17, 15) is 0 Å². The van der Waals surface area contributed by atoms with Gasteiger partial charge in [0.2, 0.25) is 0 Å². The van der Waals surface area contributed by atoms with E-state index >= 15 is 0 Å². The predicted molar refractivity (Wildman–Crippen MR) is 66.7 cm³/mol. The molecule has 0 amide bonds. The highest BCUT2D eigenvalue weighted by Gasteiger charge is 2.11. The Morgan fingerprint density at radius 1 is 1.20 bits per heavy atom. The Morgan fingerprint density at radius 3 is 2.27 bits per heavy atom. The van der Waals surface area contributed by atoms with E-state index < -0.39 is 0 Å². The number of hydrogen-bond donors (Lipinski definition) is 2. The van der Waals surface area contributed by atoms with Crippen molar-refractivity contribution in [1.29, 1.82) is 0 Å². The van der Waals surface area contributed by atoms with Gasteiger partial charge in [-0.05, 0) is 27.0 Å². The third-order valence-electron chi connectivity index (χ3n) is 1.65. The van der Waals surface area contributed by atoms with Gasteiger partial charge in [-0.1, -0.05) is 11.8 Å². The molecular formula is C10H18N4S. The minimum absolute atomic E-state index is 0.00897. The first-order valence-electron chi connectivity index (χ1n) is 4.83. The molecule has 0 aliphatic heterocycles. The van der Waals surface area contributed by atoms with E-state index in [4.69, 9.17) is 0 Å². The molecule has 15 heavy (non-hydrogen) atoms. The van der Waals surface area contributed by atoms with Gasteiger partial charge >= 0.3 is 0 Å². The van der Waals surface area contributed by atoms with Crippen LogP contribution in [-0.4, -0.2) is 28.8 Å². The second-order valence-corrected chi connectivity index (χ2v) is 5.02. The van der Waals surface area contributed by atoms with Crippen molar-refractivity contribution in [3.63, 3.8) is 0 Å². The fraction of sp³-hybridized carbons (Fsp3) is 0.600. The Morgan fingerprint density at radius 2 is 1.80 bits per heavy atom. The minimum atomic E-state index is 0.00897. The van der Waals surface area contributed by atoms with Gasteiger partial charge in [-0.15, -0.1) is 0 Å². The Balaban J connectivity index is 2.97. The Labute approximate surface area is 95.3 Å². The molecule has 2 N–H and O–H groups in total. The van der Waals surface area contributed by atoms with E-state index in [-0.39, 0.29) is 5.54 Å². The van der Waals surface area contributed by atoms with E-state index in [1.54, 1.807) is 0 Å². The lowest BCUT2D eigenvalue weighted by Crippen LogP contribution is -2.26. The lowest BCUT2D eigenvalue weighted by Gasteiger charge is -2.21. The molecule has 1 rings (SSSR count). The molecule has 0 fully saturated rings. The molecule has 4 nitrogen and oxygen atoms in total. The number of nitrogens with zero attached hydrogens (tertiary/aromatic N) is 2. The monoisotopic (exact) mass is 226 g/mol. The number of nitrogens with one attached hydrogen (secondary N) is 2. The predicted octanol–water partition coefficient (Wildman–Crippen LogP) is 2.45. The lowest BCUT2D eigenvalue weighted by molar-refractivity contribution is 0.628. The van der Waals surface area contributed by atoms with Crippen molar-refractivity contribution in [2.24, 2.45) is 0 Å². The van der Waals surface area contributed by atoms with Crippen molar-refractivity contribution < 1.29 is 0 Å². The largest absolute Gasteiger partial charge is 0.373 e. The van der Waals surface area contributed by atoms with Crippen molar-refractivity contribution in [2.75, 3.05) is 23.9 Å². The van der Waals surface area contributed by atoms with Crippen molar-refractivity contribution in [3.8, 4) is 0 Å². The zero-order valence-corrected chi connectivity index (χ0v) is 10.7. The van der Waals surface area contributed by atoms with Crippen molar-refractivity contribution in [2.45, 2.75) is 31.5 Å². The van der Waals surface area contributed by atoms with E-state index in [1.165, 1.54) is 11.8 Å². The molecule has 0 radical (unpaired) electrons. The molecule has 0 unspecified atom stereocenters. The smallest absolute Gasteiger partial charge is 0.191 e. The van der Waals surface area contributed by atoms with Gasteiger partial charge in [0.05, 0.1) is 0 Å². The van der Waals surface area contributed by atoms with Crippen molar-refractivity contribution in [3.05, 3.63) is 6.07 Å². The van der Waals surface area contributed by atoms with Crippen LogP contribution < -0.4 is 10.6 Å². The van der Waals surface area contributed by atoms with Crippen LogP contribution in [0.3, 0.4) is 0 Å². The standard InChI is InChI=1S/C10H18N4S/c1-10(2,3)14-8-6-7(11-4)12-9(13-8)15-5/h6H,1-5H3,(H2,11,12,13,14). The van der Waals surface area contributed by atoms with E-state index in [1.807, 2.05) is 19.4 Å². The number of thioether (sulfide) groups is 1. The van der Waals surface area contributed by atoms with Gasteiger partial charge in [-0.3, -0.25) is 0 Å². The first kappa shape index (κ1) is 12.1. The van der Waals surface area contributed by atoms with E-state index in [2.05, 4.69) is 41.4 Å². The van der Waals surface area contributed by atoms with Crippen LogP contribution in [0.4, 0.5) is 11.6 Å². The molecule has 84 valence electrons. The topological polar surface area (TPSA) is 49.8 Å². The molecule has 0 saturated carbocycles. The average molecular weight is 226 g/mol. The molecular weight excluding hydrogens is 208 g/mol. The molecule has 0 atom stereocenters. The summed E-state index contributed by atoms with van der Waals surface area (Å²) in [4.78, 5) is 8.69. The fourth-order valence-electron chi connectivity index (χ4n) is 1.09. The van der Waals surface area contributed by atoms with Crippen LogP contribution in [0, 0.1) is 0 Å². The zero-order valence-electron chi connectivity index (χ0n) is 9.88. The maximum absolute atomic E-state index is 4.39. The van der Waals surface area contributed by atoms with Gasteiger partial charge < -0.3 is 10.6 Å². The minimum Gasteiger partial charge on any atom is -0.373 e. The normalized spacial score (nSPS) is 11.3. The van der Waals surface area contributed by atoms with Crippen LogP contribution in [-0.2, 0) is 0 Å². The molecule has 1 heterocycles. The molecule has 0 saturated heterocycles. The van der Waals surface area contributed by atoms with Gasteiger partial charge in [0.1, 0.15) is 11.6 Å². The first-order chi connectivity index (χ1) is 6.94. The SMILES string of the molecule is CNc1cc(NC(C)(C)C)nc(SC)n1. The quantitative estimate of drug-likeness (QED) is 0.612. The second kappa shape index (κ2) is 4.70. The van der Waals surface area contributed by atoms with Gasteiger partial charge in [-0.2, -0.15) is 0 Å². The first-order valence-corrected chi connectivity index (χ1v) is 6.06. The number of hydrogen-bond acceptors (Lipinski definition) is 5. The summed E-state index contributed by atoms with van der Waals surface area (Å²) in [5.41, 5.74) is 0.00897. The summed E-state index contributed by atoms with van der Waals surface area (Å²) in [7, 11) is 1.85. The summed E-state index contributed by atoms with van der Waals surface area (Å²) in [6.45, 7) is 6.31. The van der Waals surface area contributed by atoms with Crippen molar-refractivity contribution in [1.82, 2.24) is 9.97 Å². The van der Waals surface area contributed by atoms with Gasteiger partial charge in [0.15, 0.2) is 5.16 Å². The zero-order chi connectivity index (χ0) is 11.5. The van der Waals surface area contributed by atoms with Crippen LogP contribution in [0.1, 0.15) is 20.8 Å². The lowest BCUT2D eigenvalue weighted by atomic mass is 10.1. The maximum atomic E-state index is 4.39. The summed E-state index contributed by atoms with van der Waals surface area (Å²) in [5.74, 6) is 1.69. The highest BCUT2D eigenvalue weighted by Crippen LogP contribution is 2.19. The summed E-state index contributed by atoms with van der Waals surface area (Å²) in [6, 6.07) is 1.91. The van der Waals surface area contributed by atoms with E-state index in [0.29, 0.717) is 0 Å². The summed E-state index contributed by atoms with van der Waals surface area (Å²) in [6.07, 6.45) is 1.97. The second-order valence-electron chi connectivity index (χ2n) is 4.25. The molecule has 0 aliphatic carbocycles. The molecule has 1 aromatic heterocycles. The Kier molecular flexibility index (Phi) is 3.79. The van der Waals surface area contributed by atoms with Crippen LogP contribution >= 0.6 is 11.8 Å². The molecule has 5 heteroatoms.